The molecule has 0 aliphatic carbocycles. The van der Waals surface area contributed by atoms with Crippen LogP contribution in [0, 0.1) is 5.82 Å². The van der Waals surface area contributed by atoms with Gasteiger partial charge in [-0.15, -0.1) is 0 Å². The SMILES string of the molecule is O=C(NCCCN1CCN(c2ccc(F)cc2)CC1)c1ccc2nc(N3CCCCC3)sc2c1. The van der Waals surface area contributed by atoms with Crippen LogP contribution in [0.2, 0.25) is 0 Å². The average molecular weight is 482 g/mol. The predicted octanol–water partition coefficient (Wildman–Crippen LogP) is 4.37. The molecule has 2 fully saturated rings. The first kappa shape index (κ1) is 23.1. The van der Waals surface area contributed by atoms with Gasteiger partial charge in [-0.05, 0) is 74.7 Å². The lowest BCUT2D eigenvalue weighted by molar-refractivity contribution is 0.0951. The standard InChI is InChI=1S/C26H32FN5OS/c27-21-6-8-22(9-7-21)31-17-15-30(16-18-31)12-4-11-28-25(33)20-5-10-23-24(19-20)34-26(29-23)32-13-2-1-3-14-32/h5-10,19H,1-4,11-18H2,(H,28,33). The summed E-state index contributed by atoms with van der Waals surface area (Å²) in [5, 5.41) is 4.15. The van der Waals surface area contributed by atoms with Crippen LogP contribution in [0.3, 0.4) is 0 Å². The molecule has 0 spiro atoms. The molecule has 2 aromatic carbocycles. The van der Waals surface area contributed by atoms with Crippen LogP contribution in [0.25, 0.3) is 10.2 Å². The minimum Gasteiger partial charge on any atom is -0.369 e. The third-order valence-electron chi connectivity index (χ3n) is 6.77. The Morgan fingerprint density at radius 2 is 1.71 bits per heavy atom. The summed E-state index contributed by atoms with van der Waals surface area (Å²) in [5.41, 5.74) is 2.76. The van der Waals surface area contributed by atoms with Crippen molar-refractivity contribution in [3.05, 3.63) is 53.8 Å². The highest BCUT2D eigenvalue weighted by molar-refractivity contribution is 7.22. The quantitative estimate of drug-likeness (QED) is 0.508. The number of nitrogens with one attached hydrogen (secondary N) is 1. The number of anilines is 2. The highest BCUT2D eigenvalue weighted by Crippen LogP contribution is 2.31. The fraction of sp³-hybridized carbons (Fsp3) is 0.462. The van der Waals surface area contributed by atoms with Crippen molar-refractivity contribution in [3.63, 3.8) is 0 Å². The smallest absolute Gasteiger partial charge is 0.251 e. The maximum Gasteiger partial charge on any atom is 0.251 e. The van der Waals surface area contributed by atoms with Gasteiger partial charge in [-0.25, -0.2) is 9.37 Å². The molecule has 180 valence electrons. The summed E-state index contributed by atoms with van der Waals surface area (Å²) < 4.78 is 14.2. The van der Waals surface area contributed by atoms with E-state index in [1.807, 2.05) is 30.3 Å². The van der Waals surface area contributed by atoms with E-state index >= 15 is 0 Å². The number of amides is 1. The van der Waals surface area contributed by atoms with Crippen molar-refractivity contribution in [2.24, 2.45) is 0 Å². The first-order valence-corrected chi connectivity index (χ1v) is 13.1. The summed E-state index contributed by atoms with van der Waals surface area (Å²) >= 11 is 1.69. The maximum absolute atomic E-state index is 13.1. The molecule has 2 aliphatic rings. The van der Waals surface area contributed by atoms with E-state index in [1.165, 1.54) is 31.4 Å². The highest BCUT2D eigenvalue weighted by atomic mass is 32.1. The first-order chi connectivity index (χ1) is 16.7. The van der Waals surface area contributed by atoms with E-state index in [0.717, 1.165) is 73.3 Å². The fourth-order valence-corrected chi connectivity index (χ4v) is 5.82. The van der Waals surface area contributed by atoms with Crippen molar-refractivity contribution in [2.45, 2.75) is 25.7 Å². The Morgan fingerprint density at radius 1 is 0.941 bits per heavy atom. The van der Waals surface area contributed by atoms with E-state index in [9.17, 15) is 9.18 Å². The van der Waals surface area contributed by atoms with Gasteiger partial charge in [0.25, 0.3) is 5.91 Å². The Hall–Kier alpha value is -2.71. The number of aromatic nitrogens is 1. The molecule has 8 heteroatoms. The van der Waals surface area contributed by atoms with Gasteiger partial charge in [-0.2, -0.15) is 0 Å². The predicted molar refractivity (Wildman–Crippen MR) is 138 cm³/mol. The lowest BCUT2D eigenvalue weighted by atomic mass is 10.1. The average Bonchev–Trinajstić information content (AvgIpc) is 3.31. The molecule has 1 N–H and O–H groups in total. The molecule has 0 atom stereocenters. The Balaban J connectivity index is 1.06. The Morgan fingerprint density at radius 3 is 2.47 bits per heavy atom. The molecular formula is C26H32FN5OS. The minimum absolute atomic E-state index is 0.0176. The van der Waals surface area contributed by atoms with Crippen LogP contribution in [0.15, 0.2) is 42.5 Å². The van der Waals surface area contributed by atoms with Crippen molar-refractivity contribution < 1.29 is 9.18 Å². The number of nitrogens with zero attached hydrogens (tertiary/aromatic N) is 4. The number of thiazole rings is 1. The van der Waals surface area contributed by atoms with Crippen LogP contribution in [-0.2, 0) is 0 Å². The summed E-state index contributed by atoms with van der Waals surface area (Å²) in [6, 6.07) is 12.6. The molecule has 0 radical (unpaired) electrons. The number of carbonyl (C=O) groups excluding carboxylic acids is 1. The van der Waals surface area contributed by atoms with Crippen LogP contribution in [0.5, 0.6) is 0 Å². The number of piperazine rings is 1. The number of piperidine rings is 1. The van der Waals surface area contributed by atoms with Crippen molar-refractivity contribution >= 4 is 38.3 Å². The summed E-state index contributed by atoms with van der Waals surface area (Å²) in [6.45, 7) is 7.61. The van der Waals surface area contributed by atoms with E-state index in [2.05, 4.69) is 20.0 Å². The molecule has 0 saturated carbocycles. The number of benzene rings is 2. The second kappa shape index (κ2) is 10.7. The van der Waals surface area contributed by atoms with Crippen LogP contribution < -0.4 is 15.1 Å². The van der Waals surface area contributed by atoms with Gasteiger partial charge >= 0.3 is 0 Å². The van der Waals surface area contributed by atoms with Crippen LogP contribution in [0.4, 0.5) is 15.2 Å². The molecule has 1 aromatic heterocycles. The van der Waals surface area contributed by atoms with Crippen molar-refractivity contribution in [1.82, 2.24) is 15.2 Å². The molecule has 3 heterocycles. The molecule has 2 saturated heterocycles. The molecular weight excluding hydrogens is 449 g/mol. The van der Waals surface area contributed by atoms with Gasteiger partial charge in [0.2, 0.25) is 0 Å². The Bertz CT molecular complexity index is 1100. The van der Waals surface area contributed by atoms with Crippen LogP contribution in [-0.4, -0.2) is 68.1 Å². The number of halogens is 1. The molecule has 5 rings (SSSR count). The second-order valence-corrected chi connectivity index (χ2v) is 10.2. The second-order valence-electron chi connectivity index (χ2n) is 9.14. The van der Waals surface area contributed by atoms with E-state index in [1.54, 1.807) is 11.3 Å². The molecule has 34 heavy (non-hydrogen) atoms. The molecule has 0 unspecified atom stereocenters. The zero-order valence-corrected chi connectivity index (χ0v) is 20.3. The normalized spacial score (nSPS) is 17.3. The van der Waals surface area contributed by atoms with Crippen LogP contribution >= 0.6 is 11.3 Å². The summed E-state index contributed by atoms with van der Waals surface area (Å²) in [7, 11) is 0. The van der Waals surface area contributed by atoms with Gasteiger partial charge in [-0.3, -0.25) is 9.69 Å². The molecule has 1 amide bonds. The largest absolute Gasteiger partial charge is 0.369 e. The first-order valence-electron chi connectivity index (χ1n) is 12.3. The van der Waals surface area contributed by atoms with Gasteiger partial charge < -0.3 is 15.1 Å². The molecule has 3 aromatic rings. The van der Waals surface area contributed by atoms with E-state index < -0.39 is 0 Å². The van der Waals surface area contributed by atoms with Gasteiger partial charge in [0.1, 0.15) is 5.82 Å². The van der Waals surface area contributed by atoms with E-state index in [4.69, 9.17) is 4.98 Å². The summed E-state index contributed by atoms with van der Waals surface area (Å²) in [5.74, 6) is -0.213. The zero-order chi connectivity index (χ0) is 23.3. The molecule has 6 nitrogen and oxygen atoms in total. The Labute approximate surface area is 204 Å². The summed E-state index contributed by atoms with van der Waals surface area (Å²) in [4.78, 5) is 24.6. The third kappa shape index (κ3) is 5.50. The van der Waals surface area contributed by atoms with Gasteiger partial charge in [0.05, 0.1) is 10.2 Å². The third-order valence-corrected chi connectivity index (χ3v) is 7.85. The minimum atomic E-state index is -0.196. The number of hydrogen-bond acceptors (Lipinski definition) is 6. The number of fused-ring (bicyclic) bond motifs is 1. The number of carbonyl (C=O) groups is 1. The molecule has 2 aliphatic heterocycles. The number of hydrogen-bond donors (Lipinski definition) is 1. The van der Waals surface area contributed by atoms with Gasteiger partial charge in [0, 0.05) is 57.1 Å². The monoisotopic (exact) mass is 481 g/mol. The van der Waals surface area contributed by atoms with Gasteiger partial charge in [0.15, 0.2) is 5.13 Å². The van der Waals surface area contributed by atoms with Crippen molar-refractivity contribution in [2.75, 3.05) is 62.2 Å². The lowest BCUT2D eigenvalue weighted by Crippen LogP contribution is -2.47. The lowest BCUT2D eigenvalue weighted by Gasteiger charge is -2.36. The van der Waals surface area contributed by atoms with Crippen molar-refractivity contribution in [1.29, 1.82) is 0 Å². The Kier molecular flexibility index (Phi) is 7.25. The topological polar surface area (TPSA) is 51.7 Å². The molecule has 0 bridgehead atoms. The van der Waals surface area contributed by atoms with Crippen LogP contribution in [0.1, 0.15) is 36.0 Å². The van der Waals surface area contributed by atoms with E-state index in [-0.39, 0.29) is 11.7 Å². The zero-order valence-electron chi connectivity index (χ0n) is 19.5. The fourth-order valence-electron chi connectivity index (χ4n) is 4.76. The number of rotatable bonds is 7. The van der Waals surface area contributed by atoms with Gasteiger partial charge in [-0.1, -0.05) is 11.3 Å². The van der Waals surface area contributed by atoms with Crippen molar-refractivity contribution in [3.8, 4) is 0 Å². The maximum atomic E-state index is 13.1. The summed E-state index contributed by atoms with van der Waals surface area (Å²) in [6.07, 6.45) is 4.68. The highest BCUT2D eigenvalue weighted by Gasteiger charge is 2.18. The van der Waals surface area contributed by atoms with E-state index in [0.29, 0.717) is 12.1 Å².